The molecule has 0 aliphatic rings. The van der Waals surface area contributed by atoms with Crippen molar-refractivity contribution in [3.05, 3.63) is 125 Å². The second-order valence-electron chi connectivity index (χ2n) is 11.3. The molecule has 13 nitrogen and oxygen atoms in total. The molecule has 0 bridgehead atoms. The van der Waals surface area contributed by atoms with Crippen LogP contribution in [0.5, 0.6) is 5.75 Å². The second kappa shape index (κ2) is 18.8. The van der Waals surface area contributed by atoms with Crippen LogP contribution in [0.15, 0.2) is 103 Å². The zero-order valence-corrected chi connectivity index (χ0v) is 28.3. The minimum Gasteiger partial charge on any atom is -0.508 e. The number of alkyl halides is 3. The predicted molar refractivity (Wildman–Crippen MR) is 192 cm³/mol. The van der Waals surface area contributed by atoms with E-state index in [0.29, 0.717) is 31.0 Å². The van der Waals surface area contributed by atoms with Crippen molar-refractivity contribution in [3.8, 4) is 5.75 Å². The molecular weight excluding hydrogens is 693 g/mol. The van der Waals surface area contributed by atoms with Gasteiger partial charge in [-0.25, -0.2) is 0 Å². The van der Waals surface area contributed by atoms with Crippen molar-refractivity contribution >= 4 is 41.0 Å². The van der Waals surface area contributed by atoms with E-state index in [2.05, 4.69) is 41.5 Å². The van der Waals surface area contributed by atoms with Gasteiger partial charge in [-0.3, -0.25) is 9.59 Å². The van der Waals surface area contributed by atoms with Crippen LogP contribution in [0.3, 0.4) is 0 Å². The van der Waals surface area contributed by atoms with Gasteiger partial charge in [-0.05, 0) is 60.2 Å². The number of rotatable bonds is 18. The molecule has 0 saturated heterocycles. The van der Waals surface area contributed by atoms with Crippen LogP contribution < -0.4 is 26.6 Å². The SMILES string of the molecule is O=C(NCCOCCOCCNc1nc(Nc2ccc(O)cc2)nc(Nc2ccc(C(=O)NCc3ccccc3)c(C(F)(F)F)c2)n1)c1ccccc1. The summed E-state index contributed by atoms with van der Waals surface area (Å²) in [5.41, 5.74) is 0.139. The third-order valence-electron chi connectivity index (χ3n) is 7.35. The van der Waals surface area contributed by atoms with Crippen LogP contribution in [0, 0.1) is 0 Å². The van der Waals surface area contributed by atoms with Crippen LogP contribution >= 0.6 is 0 Å². The largest absolute Gasteiger partial charge is 0.508 e. The second-order valence-corrected chi connectivity index (χ2v) is 11.3. The van der Waals surface area contributed by atoms with E-state index in [1.807, 2.05) is 6.07 Å². The Bertz CT molecular complexity index is 1940. The lowest BCUT2D eigenvalue weighted by molar-refractivity contribution is -0.137. The maximum Gasteiger partial charge on any atom is 0.417 e. The monoisotopic (exact) mass is 730 g/mol. The lowest BCUT2D eigenvalue weighted by atomic mass is 10.0. The molecule has 0 unspecified atom stereocenters. The number of hydrogen-bond acceptors (Lipinski definition) is 11. The molecule has 2 amide bonds. The summed E-state index contributed by atoms with van der Waals surface area (Å²) in [5.74, 6) is -0.956. The first kappa shape index (κ1) is 38.0. The summed E-state index contributed by atoms with van der Waals surface area (Å²) < 4.78 is 53.6. The normalized spacial score (nSPS) is 11.1. The first-order valence-corrected chi connectivity index (χ1v) is 16.5. The van der Waals surface area contributed by atoms with Crippen molar-refractivity contribution in [1.29, 1.82) is 0 Å². The molecule has 276 valence electrons. The first-order chi connectivity index (χ1) is 25.6. The highest BCUT2D eigenvalue weighted by Gasteiger charge is 2.35. The Morgan fingerprint density at radius 2 is 1.23 bits per heavy atom. The maximum absolute atomic E-state index is 14.2. The summed E-state index contributed by atoms with van der Waals surface area (Å²) in [6.45, 7) is 1.81. The van der Waals surface area contributed by atoms with Gasteiger partial charge < -0.3 is 41.2 Å². The summed E-state index contributed by atoms with van der Waals surface area (Å²) in [5, 5.41) is 23.7. The number of amides is 2. The number of aromatic nitrogens is 3. The highest BCUT2D eigenvalue weighted by Crippen LogP contribution is 2.34. The van der Waals surface area contributed by atoms with Gasteiger partial charge in [-0.15, -0.1) is 0 Å². The highest BCUT2D eigenvalue weighted by atomic mass is 19.4. The summed E-state index contributed by atoms with van der Waals surface area (Å²) in [7, 11) is 0. The lowest BCUT2D eigenvalue weighted by Crippen LogP contribution is -2.27. The van der Waals surface area contributed by atoms with E-state index < -0.39 is 23.2 Å². The van der Waals surface area contributed by atoms with E-state index in [9.17, 15) is 27.9 Å². The molecule has 0 aliphatic heterocycles. The molecule has 0 aliphatic carbocycles. The number of hydrogen-bond donors (Lipinski definition) is 6. The topological polar surface area (TPSA) is 172 Å². The molecule has 5 aromatic rings. The van der Waals surface area contributed by atoms with E-state index >= 15 is 0 Å². The number of carbonyl (C=O) groups excluding carboxylic acids is 2. The van der Waals surface area contributed by atoms with Crippen LogP contribution in [-0.4, -0.2) is 71.4 Å². The summed E-state index contributed by atoms with van der Waals surface area (Å²) in [4.78, 5) is 37.8. The molecule has 0 saturated carbocycles. The molecule has 6 N–H and O–H groups in total. The third-order valence-corrected chi connectivity index (χ3v) is 7.35. The van der Waals surface area contributed by atoms with Crippen LogP contribution in [0.1, 0.15) is 31.8 Å². The molecule has 1 aromatic heterocycles. The fraction of sp³-hybridized carbons (Fsp3) is 0.216. The van der Waals surface area contributed by atoms with Gasteiger partial charge >= 0.3 is 6.18 Å². The number of phenolic OH excluding ortho intramolecular Hbond substituents is 1. The van der Waals surface area contributed by atoms with Crippen molar-refractivity contribution in [1.82, 2.24) is 25.6 Å². The number of nitrogens with one attached hydrogen (secondary N) is 5. The molecule has 0 spiro atoms. The van der Waals surface area contributed by atoms with E-state index in [1.165, 1.54) is 18.2 Å². The van der Waals surface area contributed by atoms with Gasteiger partial charge in [0.2, 0.25) is 17.8 Å². The van der Waals surface area contributed by atoms with Gasteiger partial charge in [0.05, 0.1) is 37.6 Å². The van der Waals surface area contributed by atoms with E-state index in [0.717, 1.165) is 17.7 Å². The zero-order valence-electron chi connectivity index (χ0n) is 28.3. The molecular formula is C37H37F3N8O5. The van der Waals surface area contributed by atoms with Gasteiger partial charge in [0.25, 0.3) is 11.8 Å². The average Bonchev–Trinajstić information content (AvgIpc) is 3.16. The van der Waals surface area contributed by atoms with Crippen molar-refractivity contribution in [2.75, 3.05) is 55.5 Å². The Kier molecular flexibility index (Phi) is 13.5. The average molecular weight is 731 g/mol. The van der Waals surface area contributed by atoms with Crippen LogP contribution in [0.2, 0.25) is 0 Å². The zero-order chi connectivity index (χ0) is 37.5. The molecule has 4 aromatic carbocycles. The summed E-state index contributed by atoms with van der Waals surface area (Å²) >= 11 is 0. The van der Waals surface area contributed by atoms with Crippen molar-refractivity contribution in [2.24, 2.45) is 0 Å². The Labute approximate surface area is 303 Å². The fourth-order valence-corrected chi connectivity index (χ4v) is 4.78. The maximum atomic E-state index is 14.2. The number of anilines is 5. The molecule has 0 atom stereocenters. The quantitative estimate of drug-likeness (QED) is 0.0469. The minimum absolute atomic E-state index is 0.0207. The molecule has 53 heavy (non-hydrogen) atoms. The molecule has 0 radical (unpaired) electrons. The van der Waals surface area contributed by atoms with Crippen LogP contribution in [-0.2, 0) is 22.2 Å². The predicted octanol–water partition coefficient (Wildman–Crippen LogP) is 5.89. The number of phenols is 1. The molecule has 5 rings (SSSR count). The number of nitrogens with zero attached hydrogens (tertiary/aromatic N) is 3. The number of aromatic hydroxyl groups is 1. The van der Waals surface area contributed by atoms with Gasteiger partial charge in [0.15, 0.2) is 0 Å². The van der Waals surface area contributed by atoms with Gasteiger partial charge in [-0.2, -0.15) is 28.1 Å². The Balaban J connectivity index is 1.17. The molecule has 1 heterocycles. The van der Waals surface area contributed by atoms with Crippen LogP contribution in [0.25, 0.3) is 0 Å². The van der Waals surface area contributed by atoms with Crippen LogP contribution in [0.4, 0.5) is 42.4 Å². The Morgan fingerprint density at radius 3 is 1.89 bits per heavy atom. The smallest absolute Gasteiger partial charge is 0.417 e. The summed E-state index contributed by atoms with van der Waals surface area (Å²) in [6.07, 6.45) is -4.84. The number of benzene rings is 4. The van der Waals surface area contributed by atoms with E-state index in [1.54, 1.807) is 66.7 Å². The number of carbonyl (C=O) groups is 2. The van der Waals surface area contributed by atoms with Gasteiger partial charge in [0.1, 0.15) is 5.75 Å². The standard InChI is InChI=1S/C37H37F3N8O5/c38-37(39,40)31-23-28(13-16-30(31)33(51)43-24-25-7-3-1-4-8-25)45-36-47-34(46-35(48-36)44-27-11-14-29(49)15-12-27)42-18-20-53-22-21-52-19-17-41-32(50)26-9-5-2-6-10-26/h1-16,23,49H,17-22,24H2,(H,41,50)(H,43,51)(H3,42,44,45,46,47,48). The highest BCUT2D eigenvalue weighted by molar-refractivity contribution is 5.96. The minimum atomic E-state index is -4.84. The molecule has 16 heteroatoms. The lowest BCUT2D eigenvalue weighted by Gasteiger charge is -2.16. The van der Waals surface area contributed by atoms with E-state index in [-0.39, 0.29) is 61.5 Å². The van der Waals surface area contributed by atoms with Crippen molar-refractivity contribution in [3.63, 3.8) is 0 Å². The van der Waals surface area contributed by atoms with Crippen molar-refractivity contribution in [2.45, 2.75) is 12.7 Å². The fourth-order valence-electron chi connectivity index (χ4n) is 4.78. The number of ether oxygens (including phenoxy) is 2. The number of halogens is 3. The van der Waals surface area contributed by atoms with Gasteiger partial charge in [-0.1, -0.05) is 48.5 Å². The Hall–Kier alpha value is -6.26. The van der Waals surface area contributed by atoms with E-state index in [4.69, 9.17) is 9.47 Å². The van der Waals surface area contributed by atoms with Crippen molar-refractivity contribution < 1.29 is 37.3 Å². The third kappa shape index (κ3) is 12.2. The Morgan fingerprint density at radius 1 is 0.642 bits per heavy atom. The first-order valence-electron chi connectivity index (χ1n) is 16.5. The summed E-state index contributed by atoms with van der Waals surface area (Å²) in [6, 6.07) is 27.0. The van der Waals surface area contributed by atoms with Gasteiger partial charge in [0, 0.05) is 36.6 Å². The molecule has 0 fully saturated rings.